The molecule has 0 saturated heterocycles. The van der Waals surface area contributed by atoms with Crippen LogP contribution in [-0.2, 0) is 17.8 Å². The number of carbonyl (C=O) groups is 2. The Morgan fingerprint density at radius 2 is 1.21 bits per heavy atom. The van der Waals surface area contributed by atoms with Crippen molar-refractivity contribution in [1.29, 1.82) is 0 Å². The van der Waals surface area contributed by atoms with Gasteiger partial charge in [0.2, 0.25) is 5.91 Å². The molecule has 0 aromatic heterocycles. The molecule has 5 nitrogen and oxygen atoms in total. The monoisotopic (exact) mass is 397 g/mol. The Morgan fingerprint density at radius 1 is 0.690 bits per heavy atom. The van der Waals surface area contributed by atoms with Crippen molar-refractivity contribution in [3.05, 3.63) is 71.8 Å². The van der Waals surface area contributed by atoms with Crippen LogP contribution in [0.15, 0.2) is 60.7 Å². The summed E-state index contributed by atoms with van der Waals surface area (Å²) in [6, 6.07) is 19.6. The Morgan fingerprint density at radius 3 is 1.76 bits per heavy atom. The molecule has 0 saturated carbocycles. The molecule has 0 fully saturated rings. The van der Waals surface area contributed by atoms with Gasteiger partial charge in [0, 0.05) is 19.6 Å². The van der Waals surface area contributed by atoms with Gasteiger partial charge in [-0.2, -0.15) is 0 Å². The first-order valence-electron chi connectivity index (χ1n) is 10.5. The summed E-state index contributed by atoms with van der Waals surface area (Å²) in [6.45, 7) is 6.34. The van der Waals surface area contributed by atoms with Crippen molar-refractivity contribution in [1.82, 2.24) is 16.0 Å². The third kappa shape index (κ3) is 13.1. The van der Waals surface area contributed by atoms with Crippen LogP contribution in [0, 0.1) is 0 Å². The Bertz CT molecular complexity index is 675. The minimum absolute atomic E-state index is 0.0905. The van der Waals surface area contributed by atoms with Crippen LogP contribution in [0.25, 0.3) is 0 Å². The number of rotatable bonds is 10. The summed E-state index contributed by atoms with van der Waals surface area (Å²) in [4.78, 5) is 22.6. The van der Waals surface area contributed by atoms with Crippen molar-refractivity contribution in [2.24, 2.45) is 0 Å². The topological polar surface area (TPSA) is 70.2 Å². The zero-order valence-corrected chi connectivity index (χ0v) is 17.7. The maximum Gasteiger partial charge on any atom is 0.315 e. The fourth-order valence-electron chi connectivity index (χ4n) is 2.47. The fraction of sp³-hybridized carbons (Fsp3) is 0.417. The van der Waals surface area contributed by atoms with Crippen molar-refractivity contribution in [2.45, 2.75) is 52.5 Å². The summed E-state index contributed by atoms with van der Waals surface area (Å²) < 4.78 is 0. The largest absolute Gasteiger partial charge is 0.356 e. The van der Waals surface area contributed by atoms with Gasteiger partial charge in [-0.15, -0.1) is 0 Å². The molecular formula is C24H35N3O2. The number of unbranched alkanes of at least 4 members (excludes halogenated alkanes) is 2. The van der Waals surface area contributed by atoms with E-state index >= 15 is 0 Å². The predicted octanol–water partition coefficient (Wildman–Crippen LogP) is 4.43. The van der Waals surface area contributed by atoms with Crippen molar-refractivity contribution >= 4 is 11.9 Å². The summed E-state index contributed by atoms with van der Waals surface area (Å²) in [5, 5.41) is 8.50. The van der Waals surface area contributed by atoms with Gasteiger partial charge in [-0.1, -0.05) is 87.4 Å². The van der Waals surface area contributed by atoms with Gasteiger partial charge in [0.15, 0.2) is 0 Å². The lowest BCUT2D eigenvalue weighted by atomic mass is 10.1. The molecule has 2 rings (SSSR count). The Balaban J connectivity index is 0.000000291. The van der Waals surface area contributed by atoms with Gasteiger partial charge in [-0.05, 0) is 24.0 Å². The van der Waals surface area contributed by atoms with Crippen LogP contribution in [0.1, 0.15) is 50.7 Å². The molecule has 0 spiro atoms. The molecule has 0 aliphatic carbocycles. The number of benzene rings is 2. The maximum atomic E-state index is 11.4. The van der Waals surface area contributed by atoms with E-state index in [2.05, 4.69) is 29.8 Å². The van der Waals surface area contributed by atoms with Crippen LogP contribution in [0.4, 0.5) is 4.79 Å². The molecule has 0 heterocycles. The van der Waals surface area contributed by atoms with E-state index in [9.17, 15) is 9.59 Å². The molecular weight excluding hydrogens is 362 g/mol. The second-order valence-electron chi connectivity index (χ2n) is 6.81. The summed E-state index contributed by atoms with van der Waals surface area (Å²) in [7, 11) is 0. The molecule has 0 atom stereocenters. The van der Waals surface area contributed by atoms with Gasteiger partial charge in [-0.25, -0.2) is 4.79 Å². The molecule has 3 N–H and O–H groups in total. The fourth-order valence-corrected chi connectivity index (χ4v) is 2.47. The lowest BCUT2D eigenvalue weighted by molar-refractivity contribution is -0.120. The quantitative estimate of drug-likeness (QED) is 0.519. The van der Waals surface area contributed by atoms with Gasteiger partial charge in [-0.3, -0.25) is 4.79 Å². The van der Waals surface area contributed by atoms with E-state index in [4.69, 9.17) is 0 Å². The van der Waals surface area contributed by atoms with Gasteiger partial charge in [0.1, 0.15) is 0 Å². The van der Waals surface area contributed by atoms with Crippen molar-refractivity contribution in [3.63, 3.8) is 0 Å². The highest BCUT2D eigenvalue weighted by Crippen LogP contribution is 1.99. The highest BCUT2D eigenvalue weighted by Gasteiger charge is 2.01. The second kappa shape index (κ2) is 16.2. The standard InChI is InChI=1S/C12H18N2O.C12H17NO/c1-2-3-9-13-12(15)14-10-11-7-5-4-6-8-11;1-2-3-9-13-12(14)10-11-7-5-4-6-8-11/h4-8H,2-3,9-10H2,1H3,(H2,13,14,15);4-8H,2-3,9-10H2,1H3,(H,13,14). The number of hydrogen-bond acceptors (Lipinski definition) is 2. The van der Waals surface area contributed by atoms with E-state index in [1.807, 2.05) is 60.7 Å². The number of carbonyl (C=O) groups excluding carboxylic acids is 2. The third-order valence-electron chi connectivity index (χ3n) is 4.17. The van der Waals surface area contributed by atoms with E-state index in [1.165, 1.54) is 0 Å². The molecule has 0 unspecified atom stereocenters. The molecule has 0 aliphatic rings. The van der Waals surface area contributed by atoms with E-state index in [0.29, 0.717) is 13.0 Å². The minimum Gasteiger partial charge on any atom is -0.356 e. The first-order valence-corrected chi connectivity index (χ1v) is 10.5. The zero-order chi connectivity index (χ0) is 21.2. The first kappa shape index (κ1) is 24.2. The van der Waals surface area contributed by atoms with E-state index in [1.54, 1.807) is 0 Å². The molecule has 29 heavy (non-hydrogen) atoms. The lowest BCUT2D eigenvalue weighted by Gasteiger charge is -2.06. The normalized spacial score (nSPS) is 9.72. The SMILES string of the molecule is CCCCNC(=O)Cc1ccccc1.CCCCNC(=O)NCc1ccccc1. The second-order valence-corrected chi connectivity index (χ2v) is 6.81. The summed E-state index contributed by atoms with van der Waals surface area (Å²) in [6.07, 6.45) is 4.79. The van der Waals surface area contributed by atoms with E-state index in [-0.39, 0.29) is 11.9 Å². The number of amides is 3. The average molecular weight is 398 g/mol. The van der Waals surface area contributed by atoms with Gasteiger partial charge < -0.3 is 16.0 Å². The number of nitrogens with one attached hydrogen (secondary N) is 3. The van der Waals surface area contributed by atoms with Gasteiger partial charge in [0.05, 0.1) is 6.42 Å². The number of hydrogen-bond donors (Lipinski definition) is 3. The van der Waals surface area contributed by atoms with Gasteiger partial charge in [0.25, 0.3) is 0 Å². The summed E-state index contributed by atoms with van der Waals surface area (Å²) in [5.41, 5.74) is 2.18. The van der Waals surface area contributed by atoms with E-state index < -0.39 is 0 Å². The minimum atomic E-state index is -0.0905. The van der Waals surface area contributed by atoms with Crippen LogP contribution in [-0.4, -0.2) is 25.0 Å². The predicted molar refractivity (Wildman–Crippen MR) is 120 cm³/mol. The summed E-state index contributed by atoms with van der Waals surface area (Å²) in [5.74, 6) is 0.115. The van der Waals surface area contributed by atoms with Crippen molar-refractivity contribution in [3.8, 4) is 0 Å². The van der Waals surface area contributed by atoms with Crippen LogP contribution >= 0.6 is 0 Å². The molecule has 2 aromatic rings. The first-order chi connectivity index (χ1) is 14.2. The smallest absolute Gasteiger partial charge is 0.315 e. The lowest BCUT2D eigenvalue weighted by Crippen LogP contribution is -2.35. The molecule has 3 amide bonds. The zero-order valence-electron chi connectivity index (χ0n) is 17.7. The third-order valence-corrected chi connectivity index (χ3v) is 4.17. The number of urea groups is 1. The highest BCUT2D eigenvalue weighted by atomic mass is 16.2. The summed E-state index contributed by atoms with van der Waals surface area (Å²) >= 11 is 0. The molecule has 158 valence electrons. The van der Waals surface area contributed by atoms with E-state index in [0.717, 1.165) is 49.9 Å². The van der Waals surface area contributed by atoms with Crippen molar-refractivity contribution in [2.75, 3.05) is 13.1 Å². The molecule has 0 radical (unpaired) electrons. The Labute approximate surface area is 175 Å². The van der Waals surface area contributed by atoms with Crippen LogP contribution in [0.2, 0.25) is 0 Å². The molecule has 2 aromatic carbocycles. The Kier molecular flexibility index (Phi) is 13.5. The molecule has 0 bridgehead atoms. The van der Waals surface area contributed by atoms with Crippen LogP contribution in [0.3, 0.4) is 0 Å². The van der Waals surface area contributed by atoms with Crippen LogP contribution < -0.4 is 16.0 Å². The average Bonchev–Trinajstić information content (AvgIpc) is 2.75. The van der Waals surface area contributed by atoms with Crippen molar-refractivity contribution < 1.29 is 9.59 Å². The van der Waals surface area contributed by atoms with Crippen LogP contribution in [0.5, 0.6) is 0 Å². The molecule has 0 aliphatic heterocycles. The maximum absolute atomic E-state index is 11.4. The van der Waals surface area contributed by atoms with Gasteiger partial charge >= 0.3 is 6.03 Å². The highest BCUT2D eigenvalue weighted by molar-refractivity contribution is 5.78. The molecule has 5 heteroatoms. The Hall–Kier alpha value is -2.82.